The average molecular weight is 684 g/mol. The van der Waals surface area contributed by atoms with Crippen LogP contribution in [0.4, 0.5) is 5.69 Å². The van der Waals surface area contributed by atoms with Crippen LogP contribution >= 0.6 is 0 Å². The number of hydrogen-bond donors (Lipinski definition) is 5. The van der Waals surface area contributed by atoms with E-state index >= 15 is 0 Å². The fourth-order valence-electron chi connectivity index (χ4n) is 9.03. The number of carbonyl (C=O) groups is 5. The molecule has 0 radical (unpaired) electrons. The minimum absolute atomic E-state index is 0.0117. The first-order valence-electron chi connectivity index (χ1n) is 16.4. The van der Waals surface area contributed by atoms with E-state index in [9.17, 15) is 49.7 Å². The predicted octanol–water partition coefficient (Wildman–Crippen LogP) is 1.45. The number of carbonyl (C=O) groups excluding carboxylic acids is 5. The summed E-state index contributed by atoms with van der Waals surface area (Å²) in [5.74, 6) is -4.06. The molecule has 4 aliphatic rings. The summed E-state index contributed by atoms with van der Waals surface area (Å²) in [4.78, 5) is 63.1. The number of esters is 2. The van der Waals surface area contributed by atoms with Crippen molar-refractivity contribution >= 4 is 35.1 Å². The minimum Gasteiger partial charge on any atom is -0.871 e. The zero-order valence-electron chi connectivity index (χ0n) is 27.7. The van der Waals surface area contributed by atoms with E-state index in [0.717, 1.165) is 31.2 Å². The molecular formula is C35H43N2O12-. The lowest BCUT2D eigenvalue weighted by molar-refractivity contribution is -0.268. The number of ether oxygens (including phenoxy) is 2. The number of benzene rings is 1. The van der Waals surface area contributed by atoms with Crippen LogP contribution in [0.25, 0.3) is 0 Å². The van der Waals surface area contributed by atoms with Crippen LogP contribution in [0.15, 0.2) is 42.0 Å². The SMILES string of the molecule is COC(=O)[C@H](Cc1ccc([O-])c(N(O)O)c1)NC(=O)CCC(=O)OCC(=O)[C@@]1(O)CC[C@H]2[C@@H]3CCC4=CC(=O)C=C[C@]4(C)[C@@H]3[C@@H](O)C[C@@]21C. The number of aliphatic hydroxyl groups excluding tert-OH is 1. The molecule has 0 bridgehead atoms. The Morgan fingerprint density at radius 2 is 1.88 bits per heavy atom. The molecule has 1 aromatic rings. The number of anilines is 1. The number of fused-ring (bicyclic) bond motifs is 5. The van der Waals surface area contributed by atoms with E-state index in [1.165, 1.54) is 6.07 Å². The van der Waals surface area contributed by atoms with E-state index < -0.39 is 83.1 Å². The zero-order valence-corrected chi connectivity index (χ0v) is 27.7. The Kier molecular flexibility index (Phi) is 10.1. The van der Waals surface area contributed by atoms with Gasteiger partial charge in [-0.2, -0.15) is 0 Å². The van der Waals surface area contributed by atoms with Crippen LogP contribution in [-0.2, 0) is 39.9 Å². The third kappa shape index (κ3) is 6.62. The van der Waals surface area contributed by atoms with Crippen molar-refractivity contribution in [2.45, 2.75) is 83.0 Å². The van der Waals surface area contributed by atoms with Crippen LogP contribution in [0.3, 0.4) is 0 Å². The molecule has 4 aliphatic carbocycles. The van der Waals surface area contributed by atoms with Gasteiger partial charge in [-0.25, -0.2) is 4.79 Å². The maximum Gasteiger partial charge on any atom is 0.328 e. The standard InChI is InChI=1S/C35H44N2O12/c1-33-12-10-21(38)16-20(33)5-6-22-23-11-13-35(45,34(23,2)17-27(40)31(22)33)28(41)18-49-30(43)9-8-29(42)36-24(32(44)48-3)14-19-4-7-26(39)25(15-19)37(46)47/h4,7,10,12,15-16,22-24,27,31,39-40,45-47H,5-6,8-9,11,13-14,17-18H2,1-3H3,(H,36,42)/p-1/t22-,23-,24-,27-,31-,33-,34-,35-/m0/s1. The van der Waals surface area contributed by atoms with Crippen molar-refractivity contribution in [2.24, 2.45) is 28.6 Å². The Morgan fingerprint density at radius 3 is 2.57 bits per heavy atom. The average Bonchev–Trinajstić information content (AvgIpc) is 3.33. The van der Waals surface area contributed by atoms with Crippen LogP contribution in [0.5, 0.6) is 5.75 Å². The van der Waals surface area contributed by atoms with E-state index in [2.05, 4.69) is 5.32 Å². The number of Topliss-reactive ketones (excluding diaryl/α,β-unsaturated/α-hetero) is 1. The van der Waals surface area contributed by atoms with E-state index in [-0.39, 0.29) is 48.0 Å². The summed E-state index contributed by atoms with van der Waals surface area (Å²) < 4.78 is 9.93. The smallest absolute Gasteiger partial charge is 0.328 e. The largest absolute Gasteiger partial charge is 0.871 e. The Bertz CT molecular complexity index is 1590. The number of nitrogens with one attached hydrogen (secondary N) is 1. The second-order valence-electron chi connectivity index (χ2n) is 14.1. The lowest BCUT2D eigenvalue weighted by Gasteiger charge is -2.59. The van der Waals surface area contributed by atoms with Crippen molar-refractivity contribution in [2.75, 3.05) is 18.9 Å². The molecule has 0 aromatic heterocycles. The molecule has 0 unspecified atom stereocenters. The number of nitrogens with zero attached hydrogens (tertiary/aromatic N) is 1. The molecule has 49 heavy (non-hydrogen) atoms. The van der Waals surface area contributed by atoms with Gasteiger partial charge in [0.05, 0.1) is 25.3 Å². The van der Waals surface area contributed by atoms with Crippen LogP contribution in [0, 0.1) is 28.6 Å². The van der Waals surface area contributed by atoms with Crippen molar-refractivity contribution in [3.8, 4) is 5.75 Å². The molecule has 1 aromatic carbocycles. The fraction of sp³-hybridized carbons (Fsp3) is 0.571. The molecule has 3 saturated carbocycles. The number of amides is 1. The fourth-order valence-corrected chi connectivity index (χ4v) is 9.03. The number of methoxy groups -OCH3 is 1. The summed E-state index contributed by atoms with van der Waals surface area (Å²) >= 11 is 0. The van der Waals surface area contributed by atoms with E-state index in [1.54, 1.807) is 12.2 Å². The molecule has 0 aliphatic heterocycles. The molecule has 0 saturated heterocycles. The van der Waals surface area contributed by atoms with Gasteiger partial charge in [-0.15, -0.1) is 5.23 Å². The predicted molar refractivity (Wildman–Crippen MR) is 168 cm³/mol. The Hall–Kier alpha value is -4.11. The first-order valence-corrected chi connectivity index (χ1v) is 16.4. The van der Waals surface area contributed by atoms with E-state index in [4.69, 9.17) is 9.47 Å². The van der Waals surface area contributed by atoms with Crippen molar-refractivity contribution < 1.29 is 59.2 Å². The number of allylic oxidation sites excluding steroid dienone is 4. The topological polar surface area (TPSA) is 223 Å². The first-order chi connectivity index (χ1) is 23.0. The molecule has 14 heteroatoms. The monoisotopic (exact) mass is 683 g/mol. The summed E-state index contributed by atoms with van der Waals surface area (Å²) in [7, 11) is 1.11. The van der Waals surface area contributed by atoms with Gasteiger partial charge in [-0.05, 0) is 67.7 Å². The zero-order chi connectivity index (χ0) is 35.9. The lowest BCUT2D eigenvalue weighted by Crippen LogP contribution is -2.61. The molecule has 266 valence electrons. The normalized spacial score (nSPS) is 32.1. The van der Waals surface area contributed by atoms with Crippen molar-refractivity contribution in [3.63, 3.8) is 0 Å². The van der Waals surface area contributed by atoms with Gasteiger partial charge < -0.3 is 30.1 Å². The summed E-state index contributed by atoms with van der Waals surface area (Å²) in [6, 6.07) is 2.31. The highest BCUT2D eigenvalue weighted by Gasteiger charge is 2.68. The van der Waals surface area contributed by atoms with Crippen molar-refractivity contribution in [1.29, 1.82) is 0 Å². The van der Waals surface area contributed by atoms with Gasteiger partial charge in [0.1, 0.15) is 11.6 Å². The highest BCUT2D eigenvalue weighted by Crippen LogP contribution is 2.67. The van der Waals surface area contributed by atoms with Crippen LogP contribution in [-0.4, -0.2) is 81.5 Å². The van der Waals surface area contributed by atoms with Crippen LogP contribution in [0.1, 0.15) is 64.4 Å². The molecule has 3 fully saturated rings. The molecule has 0 heterocycles. The number of rotatable bonds is 11. The molecule has 5 rings (SSSR count). The van der Waals surface area contributed by atoms with Crippen LogP contribution < -0.4 is 15.6 Å². The maximum absolute atomic E-state index is 13.5. The van der Waals surface area contributed by atoms with Crippen LogP contribution in [0.2, 0.25) is 0 Å². The van der Waals surface area contributed by atoms with Gasteiger partial charge in [-0.1, -0.05) is 43.4 Å². The maximum atomic E-state index is 13.5. The Morgan fingerprint density at radius 1 is 1.14 bits per heavy atom. The summed E-state index contributed by atoms with van der Waals surface area (Å²) in [6.45, 7) is 3.14. The minimum atomic E-state index is -1.84. The van der Waals surface area contributed by atoms with E-state index in [0.29, 0.717) is 18.4 Å². The van der Waals surface area contributed by atoms with Gasteiger partial charge in [0.15, 0.2) is 12.4 Å². The van der Waals surface area contributed by atoms with Gasteiger partial charge in [0, 0.05) is 29.6 Å². The third-order valence-electron chi connectivity index (χ3n) is 11.5. The highest BCUT2D eigenvalue weighted by molar-refractivity contribution is 6.01. The Balaban J connectivity index is 1.16. The molecule has 0 spiro atoms. The quantitative estimate of drug-likeness (QED) is 0.165. The third-order valence-corrected chi connectivity index (χ3v) is 11.5. The van der Waals surface area contributed by atoms with Gasteiger partial charge >= 0.3 is 11.9 Å². The molecule has 14 nitrogen and oxygen atoms in total. The number of hydrogen-bond acceptors (Lipinski definition) is 13. The first kappa shape index (κ1) is 36.2. The number of ketones is 2. The number of aliphatic hydroxyl groups is 2. The summed E-state index contributed by atoms with van der Waals surface area (Å²) in [5.41, 5.74) is -2.45. The van der Waals surface area contributed by atoms with E-state index in [1.807, 2.05) is 19.9 Å². The Labute approximate surface area is 283 Å². The van der Waals surface area contributed by atoms with Gasteiger partial charge in [0.2, 0.25) is 11.7 Å². The molecule has 5 N–H and O–H groups in total. The molecule has 8 atom stereocenters. The van der Waals surface area contributed by atoms with Crippen molar-refractivity contribution in [3.05, 3.63) is 47.6 Å². The second kappa shape index (κ2) is 13.7. The summed E-state index contributed by atoms with van der Waals surface area (Å²) in [5, 5.41) is 55.7. The summed E-state index contributed by atoms with van der Waals surface area (Å²) in [6.07, 6.45) is 5.55. The second-order valence-corrected chi connectivity index (χ2v) is 14.1. The van der Waals surface area contributed by atoms with Gasteiger partial charge in [-0.3, -0.25) is 29.6 Å². The lowest BCUT2D eigenvalue weighted by atomic mass is 9.46. The van der Waals surface area contributed by atoms with Gasteiger partial charge in [0.25, 0.3) is 0 Å². The highest BCUT2D eigenvalue weighted by atomic mass is 16.8. The molecule has 1 amide bonds. The molecular weight excluding hydrogens is 640 g/mol. The van der Waals surface area contributed by atoms with Crippen molar-refractivity contribution in [1.82, 2.24) is 5.32 Å².